The molecule has 3 aromatic rings. The third kappa shape index (κ3) is 6.59. The number of nitrogen functional groups attached to an aromatic ring is 1. The highest BCUT2D eigenvalue weighted by Crippen LogP contribution is 2.41. The van der Waals surface area contributed by atoms with E-state index >= 15 is 0 Å². The number of halogens is 1. The van der Waals surface area contributed by atoms with Crippen LogP contribution in [0.3, 0.4) is 0 Å². The number of rotatable bonds is 11. The number of pyridine rings is 2. The SMILES string of the molecule is Nc1nc(C(NC(=O)c2cc(=O)c(O)cn2O)C(=O)N[C@@H]2C(=O)N3C(C(=O)O)=C(CSc4cc[n+](CCF)cc4)CS[C@H]23)cs1. The smallest absolute Gasteiger partial charge is 0.352 e. The van der Waals surface area contributed by atoms with Gasteiger partial charge in [0.2, 0.25) is 11.3 Å². The van der Waals surface area contributed by atoms with Crippen LogP contribution in [0.5, 0.6) is 5.75 Å². The van der Waals surface area contributed by atoms with Crippen molar-refractivity contribution < 1.29 is 43.6 Å². The number of thioether (sulfide) groups is 2. The van der Waals surface area contributed by atoms with Gasteiger partial charge in [-0.2, -0.15) is 4.73 Å². The Morgan fingerprint density at radius 1 is 1.27 bits per heavy atom. The lowest BCUT2D eigenvalue weighted by molar-refractivity contribution is -0.697. The number of β-lactam (4-membered cyclic amide) rings is 1. The zero-order chi connectivity index (χ0) is 32.4. The Kier molecular flexibility index (Phi) is 9.30. The molecule has 19 heteroatoms. The molecular weight excluding hydrogens is 654 g/mol. The number of thiazole rings is 1. The highest BCUT2D eigenvalue weighted by molar-refractivity contribution is 8.01. The van der Waals surface area contributed by atoms with E-state index in [1.54, 1.807) is 29.1 Å². The Labute approximate surface area is 265 Å². The first-order valence-corrected chi connectivity index (χ1v) is 15.9. The first-order chi connectivity index (χ1) is 21.5. The van der Waals surface area contributed by atoms with Crippen LogP contribution in [0.1, 0.15) is 22.2 Å². The second-order valence-corrected chi connectivity index (χ2v) is 12.7. The second-order valence-electron chi connectivity index (χ2n) is 9.67. The highest BCUT2D eigenvalue weighted by atomic mass is 32.2. The number of anilines is 1. The number of nitrogens with two attached hydrogens (primary N) is 1. The van der Waals surface area contributed by atoms with Crippen molar-refractivity contribution in [1.82, 2.24) is 25.2 Å². The number of hydrogen-bond donors (Lipinski definition) is 6. The minimum Gasteiger partial charge on any atom is -0.503 e. The zero-order valence-electron chi connectivity index (χ0n) is 23.0. The predicted octanol–water partition coefficient (Wildman–Crippen LogP) is 0.0889. The summed E-state index contributed by atoms with van der Waals surface area (Å²) in [6.45, 7) is -0.280. The molecule has 0 spiro atoms. The van der Waals surface area contributed by atoms with Gasteiger partial charge in [0.1, 0.15) is 29.5 Å². The van der Waals surface area contributed by atoms with E-state index in [0.717, 1.165) is 21.1 Å². The van der Waals surface area contributed by atoms with Crippen molar-refractivity contribution in [2.45, 2.75) is 28.9 Å². The standard InChI is InChI=1S/C26H24FN7O8S3/c27-3-6-32-4-1-13(2-5-32)43-9-12-10-44-24-19(23(39)34(24)20(12)25(40)41)31-22(38)18(14-11-45-26(28)29-14)30-21(37)15-7-16(35)17(36)8-33(15)42/h1-2,4-5,7-8,11,18-19,24,42H,3,6,9-10H2,(H5-,28,29,30,31,36,37,38,40,41)/p+1/t18?,19-,24-/m1/s1. The Balaban J connectivity index is 1.31. The van der Waals surface area contributed by atoms with Crippen molar-refractivity contribution in [3.63, 3.8) is 0 Å². The maximum Gasteiger partial charge on any atom is 0.352 e. The summed E-state index contributed by atoms with van der Waals surface area (Å²) < 4.78 is 14.5. The summed E-state index contributed by atoms with van der Waals surface area (Å²) in [5.41, 5.74) is 4.52. The number of carboxylic acids is 1. The molecule has 236 valence electrons. The Morgan fingerprint density at radius 2 is 2.00 bits per heavy atom. The van der Waals surface area contributed by atoms with Gasteiger partial charge in [-0.15, -0.1) is 34.9 Å². The fourth-order valence-electron chi connectivity index (χ4n) is 4.58. The van der Waals surface area contributed by atoms with Crippen molar-refractivity contribution in [3.8, 4) is 5.75 Å². The van der Waals surface area contributed by atoms with E-state index in [9.17, 15) is 43.8 Å². The molecule has 2 aliphatic heterocycles. The molecule has 0 aromatic carbocycles. The van der Waals surface area contributed by atoms with Crippen LogP contribution in [-0.4, -0.2) is 83.3 Å². The van der Waals surface area contributed by atoms with Gasteiger partial charge in [0, 0.05) is 40.0 Å². The van der Waals surface area contributed by atoms with Crippen LogP contribution in [0.15, 0.2) is 63.1 Å². The van der Waals surface area contributed by atoms with Crippen LogP contribution >= 0.6 is 34.9 Å². The Bertz CT molecular complexity index is 1760. The summed E-state index contributed by atoms with van der Waals surface area (Å²) in [6, 6.07) is 1.57. The van der Waals surface area contributed by atoms with E-state index in [-0.39, 0.29) is 39.3 Å². The number of hydrogen-bond acceptors (Lipinski definition) is 12. The van der Waals surface area contributed by atoms with Crippen molar-refractivity contribution in [3.05, 3.63) is 75.1 Å². The van der Waals surface area contributed by atoms with Crippen molar-refractivity contribution in [2.24, 2.45) is 0 Å². The number of nitrogens with one attached hydrogen (secondary N) is 2. The largest absolute Gasteiger partial charge is 0.503 e. The molecule has 0 aliphatic carbocycles. The molecule has 5 heterocycles. The summed E-state index contributed by atoms with van der Waals surface area (Å²) in [4.78, 5) is 69.7. The van der Waals surface area contributed by atoms with Gasteiger partial charge < -0.3 is 31.8 Å². The summed E-state index contributed by atoms with van der Waals surface area (Å²) in [5.74, 6) is -4.19. The molecule has 3 atom stereocenters. The second kappa shape index (κ2) is 13.2. The maximum atomic E-state index is 13.4. The van der Waals surface area contributed by atoms with Gasteiger partial charge in [-0.05, 0) is 5.57 Å². The molecule has 15 nitrogen and oxygen atoms in total. The van der Waals surface area contributed by atoms with Crippen LogP contribution in [0, 0.1) is 0 Å². The molecular formula is C26H25FN7O8S3+. The normalized spacial score (nSPS) is 18.2. The predicted molar refractivity (Wildman–Crippen MR) is 159 cm³/mol. The quantitative estimate of drug-likeness (QED) is 0.0688. The topological polar surface area (TPSA) is 221 Å². The summed E-state index contributed by atoms with van der Waals surface area (Å²) >= 11 is 3.60. The summed E-state index contributed by atoms with van der Waals surface area (Å²) in [7, 11) is 0. The van der Waals surface area contributed by atoms with Crippen LogP contribution in [0.2, 0.25) is 0 Å². The number of aromatic hydroxyl groups is 1. The number of aliphatic carboxylic acids is 1. The molecule has 1 fully saturated rings. The van der Waals surface area contributed by atoms with E-state index in [1.165, 1.54) is 28.9 Å². The van der Waals surface area contributed by atoms with Crippen LogP contribution < -0.4 is 26.4 Å². The number of amides is 3. The maximum absolute atomic E-state index is 13.4. The number of carboxylic acid groups (broad SMARTS) is 1. The summed E-state index contributed by atoms with van der Waals surface area (Å²) in [5, 5.41) is 35.1. The molecule has 1 unspecified atom stereocenters. The van der Waals surface area contributed by atoms with Crippen molar-refractivity contribution in [2.75, 3.05) is 23.9 Å². The summed E-state index contributed by atoms with van der Waals surface area (Å²) in [6.07, 6.45) is 4.05. The number of aromatic nitrogens is 3. The lowest BCUT2D eigenvalue weighted by Crippen LogP contribution is -2.71. The number of alkyl halides is 1. The van der Waals surface area contributed by atoms with E-state index in [1.807, 2.05) is 0 Å². The fourth-order valence-corrected chi connectivity index (χ4v) is 7.54. The number of aryl methyl sites for hydroxylation is 1. The van der Waals surface area contributed by atoms with Gasteiger partial charge in [0.05, 0.1) is 11.9 Å². The van der Waals surface area contributed by atoms with E-state index in [0.29, 0.717) is 17.8 Å². The van der Waals surface area contributed by atoms with Crippen LogP contribution in [-0.2, 0) is 20.9 Å². The molecule has 45 heavy (non-hydrogen) atoms. The third-order valence-electron chi connectivity index (χ3n) is 6.78. The molecule has 3 amide bonds. The average Bonchev–Trinajstić information content (AvgIpc) is 3.44. The molecule has 5 rings (SSSR count). The highest BCUT2D eigenvalue weighted by Gasteiger charge is 2.54. The third-order valence-corrected chi connectivity index (χ3v) is 9.91. The fraction of sp³-hybridized carbons (Fsp3) is 0.269. The van der Waals surface area contributed by atoms with Gasteiger partial charge in [-0.25, -0.2) is 18.7 Å². The monoisotopic (exact) mass is 678 g/mol. The van der Waals surface area contributed by atoms with Crippen molar-refractivity contribution >= 4 is 63.7 Å². The number of fused-ring (bicyclic) bond motifs is 1. The number of carbonyl (C=O) groups excluding carboxylic acids is 3. The van der Waals surface area contributed by atoms with E-state index in [2.05, 4.69) is 15.6 Å². The van der Waals surface area contributed by atoms with Gasteiger partial charge in [-0.1, -0.05) is 0 Å². The Morgan fingerprint density at radius 3 is 2.64 bits per heavy atom. The number of carbonyl (C=O) groups is 4. The van der Waals surface area contributed by atoms with Gasteiger partial charge >= 0.3 is 5.97 Å². The van der Waals surface area contributed by atoms with Crippen LogP contribution in [0.25, 0.3) is 0 Å². The van der Waals surface area contributed by atoms with E-state index < -0.39 is 64.7 Å². The van der Waals surface area contributed by atoms with Crippen molar-refractivity contribution in [1.29, 1.82) is 0 Å². The Hall–Kier alpha value is -4.62. The first kappa shape index (κ1) is 31.8. The minimum atomic E-state index is -1.53. The molecule has 1 saturated heterocycles. The molecule has 0 bridgehead atoms. The zero-order valence-corrected chi connectivity index (χ0v) is 25.4. The average molecular weight is 679 g/mol. The molecule has 0 radical (unpaired) electrons. The number of nitrogens with zero attached hydrogens (tertiary/aromatic N) is 4. The van der Waals surface area contributed by atoms with Crippen LogP contribution in [0.4, 0.5) is 9.52 Å². The lowest BCUT2D eigenvalue weighted by atomic mass is 10.0. The van der Waals surface area contributed by atoms with Gasteiger partial charge in [0.25, 0.3) is 11.8 Å². The first-order valence-electron chi connectivity index (χ1n) is 13.0. The molecule has 2 aliphatic rings. The minimum absolute atomic E-state index is 0.00968. The van der Waals surface area contributed by atoms with Gasteiger partial charge in [0.15, 0.2) is 35.9 Å². The van der Waals surface area contributed by atoms with Gasteiger partial charge in [-0.3, -0.25) is 24.1 Å². The molecule has 3 aromatic heterocycles. The molecule has 7 N–H and O–H groups in total. The molecule has 0 saturated carbocycles. The van der Waals surface area contributed by atoms with E-state index in [4.69, 9.17) is 5.73 Å². The lowest BCUT2D eigenvalue weighted by Gasteiger charge is -2.49.